The number of benzene rings is 2. The Kier molecular flexibility index (Phi) is 7.75. The van der Waals surface area contributed by atoms with Crippen molar-refractivity contribution in [1.29, 1.82) is 0 Å². The molecule has 2 nitrogen and oxygen atoms in total. The van der Waals surface area contributed by atoms with Crippen LogP contribution >= 0.6 is 0 Å². The van der Waals surface area contributed by atoms with Crippen molar-refractivity contribution in [1.82, 2.24) is 0 Å². The molecule has 0 aromatic heterocycles. The fourth-order valence-electron chi connectivity index (χ4n) is 3.83. The first kappa shape index (κ1) is 25.2. The number of hydrogen-bond donors (Lipinski definition) is 0. The van der Waals surface area contributed by atoms with Crippen LogP contribution in [0.3, 0.4) is 0 Å². The molecule has 164 valence electrons. The van der Waals surface area contributed by atoms with E-state index in [1.165, 1.54) is 21.5 Å². The molecule has 0 fully saturated rings. The lowest BCUT2D eigenvalue weighted by atomic mass is 10.1. The van der Waals surface area contributed by atoms with E-state index in [0.717, 1.165) is 0 Å². The molecule has 2 aromatic rings. The molecule has 0 aliphatic heterocycles. The highest BCUT2D eigenvalue weighted by Crippen LogP contribution is 2.17. The van der Waals surface area contributed by atoms with E-state index in [0.29, 0.717) is 0 Å². The Hall–Kier alpha value is -1.03. The first-order chi connectivity index (χ1) is 13.6. The van der Waals surface area contributed by atoms with Gasteiger partial charge in [-0.15, -0.1) is 0 Å². The van der Waals surface area contributed by atoms with Crippen LogP contribution in [0.25, 0.3) is 12.2 Å². The first-order valence-electron chi connectivity index (χ1n) is 10.9. The van der Waals surface area contributed by atoms with Crippen molar-refractivity contribution in [3.8, 4) is 0 Å². The average Bonchev–Trinajstić information content (AvgIpc) is 2.56. The third kappa shape index (κ3) is 7.90. The molecule has 0 spiro atoms. The Labute approximate surface area is 188 Å². The Morgan fingerprint density at radius 3 is 0.967 bits per heavy atom. The lowest BCUT2D eigenvalue weighted by Gasteiger charge is -2.32. The van der Waals surface area contributed by atoms with E-state index >= 15 is 0 Å². The summed E-state index contributed by atoms with van der Waals surface area (Å²) < 4.78 is 13.0. The zero-order chi connectivity index (χ0) is 22.8. The van der Waals surface area contributed by atoms with Gasteiger partial charge in [0.1, 0.15) is 0 Å². The summed E-state index contributed by atoms with van der Waals surface area (Å²) in [5, 5.41) is 2.72. The fourth-order valence-corrected chi connectivity index (χ4v) is 19.0. The molecule has 0 bridgehead atoms. The van der Waals surface area contributed by atoms with Crippen LogP contribution < -0.4 is 10.4 Å². The van der Waals surface area contributed by atoms with Crippen molar-refractivity contribution in [2.45, 2.75) is 65.5 Å². The van der Waals surface area contributed by atoms with Crippen LogP contribution in [0.2, 0.25) is 65.5 Å². The molecule has 0 aliphatic carbocycles. The maximum Gasteiger partial charge on any atom is 0.205 e. The second-order valence-electron chi connectivity index (χ2n) is 11.0. The van der Waals surface area contributed by atoms with E-state index < -0.39 is 33.3 Å². The summed E-state index contributed by atoms with van der Waals surface area (Å²) in [6.45, 7) is 22.8. The van der Waals surface area contributed by atoms with Gasteiger partial charge in [0.25, 0.3) is 0 Å². The van der Waals surface area contributed by atoms with E-state index in [2.05, 4.69) is 126 Å². The highest BCUT2D eigenvalue weighted by atomic mass is 28.4. The lowest BCUT2D eigenvalue weighted by Crippen LogP contribution is -2.51. The topological polar surface area (TPSA) is 18.5 Å². The smallest absolute Gasteiger partial charge is 0.205 e. The van der Waals surface area contributed by atoms with Gasteiger partial charge in [0, 0.05) is 0 Å². The first-order valence-corrected chi connectivity index (χ1v) is 23.5. The molecule has 0 N–H and O–H groups in total. The quantitative estimate of drug-likeness (QED) is 0.327. The summed E-state index contributed by atoms with van der Waals surface area (Å²) in [5.74, 6) is 0. The van der Waals surface area contributed by atoms with E-state index in [4.69, 9.17) is 8.23 Å². The molecular weight excluding hydrogens is 433 g/mol. The Morgan fingerprint density at radius 1 is 0.467 bits per heavy atom. The minimum atomic E-state index is -1.83. The van der Waals surface area contributed by atoms with Gasteiger partial charge < -0.3 is 8.23 Å². The van der Waals surface area contributed by atoms with Crippen molar-refractivity contribution in [3.63, 3.8) is 0 Å². The van der Waals surface area contributed by atoms with E-state index in [-0.39, 0.29) is 0 Å². The third-order valence-corrected chi connectivity index (χ3v) is 17.2. The second-order valence-corrected chi connectivity index (χ2v) is 28.3. The van der Waals surface area contributed by atoms with E-state index in [1.807, 2.05) is 0 Å². The maximum atomic E-state index is 6.50. The predicted molar refractivity (Wildman–Crippen MR) is 145 cm³/mol. The molecular formula is C24H40O2Si4. The highest BCUT2D eigenvalue weighted by Gasteiger charge is 2.32. The van der Waals surface area contributed by atoms with Gasteiger partial charge in [0.2, 0.25) is 16.6 Å². The SMILES string of the molecule is C[Si](C)(C)O[Si](C)(C)c1ccc(/C=C/c2ccc([Si](C)(C)O[Si](C)(C)C)cc2)cc1. The van der Waals surface area contributed by atoms with Crippen molar-refractivity contribution in [3.05, 3.63) is 59.7 Å². The van der Waals surface area contributed by atoms with Gasteiger partial charge >= 0.3 is 0 Å². The molecule has 2 rings (SSSR count). The molecule has 2 aromatic carbocycles. The molecule has 0 amide bonds. The minimum absolute atomic E-state index is 1.22. The third-order valence-electron chi connectivity index (χ3n) is 4.80. The van der Waals surface area contributed by atoms with E-state index in [9.17, 15) is 0 Å². The van der Waals surface area contributed by atoms with Crippen molar-refractivity contribution in [2.24, 2.45) is 0 Å². The van der Waals surface area contributed by atoms with Gasteiger partial charge in [-0.05, 0) is 87.0 Å². The standard InChI is InChI=1S/C24H40O2Si4/c1-27(2,3)25-29(7,8)23-17-13-21(14-18-23)11-12-22-15-19-24(20-16-22)30(9,10)26-28(4,5)6/h11-20H,1-10H3/b12-11+. The van der Waals surface area contributed by atoms with Crippen LogP contribution in [0.15, 0.2) is 48.5 Å². The lowest BCUT2D eigenvalue weighted by molar-refractivity contribution is 0.565. The Bertz CT molecular complexity index is 783. The normalized spacial score (nSPS) is 13.8. The molecule has 0 aliphatic rings. The van der Waals surface area contributed by atoms with Gasteiger partial charge in [-0.25, -0.2) is 0 Å². The summed E-state index contributed by atoms with van der Waals surface area (Å²) in [6, 6.07) is 17.8. The zero-order valence-electron chi connectivity index (χ0n) is 20.6. The minimum Gasteiger partial charge on any atom is -0.452 e. The summed E-state index contributed by atoms with van der Waals surface area (Å²) in [5.41, 5.74) is 2.44. The summed E-state index contributed by atoms with van der Waals surface area (Å²) >= 11 is 0. The summed E-state index contributed by atoms with van der Waals surface area (Å²) in [7, 11) is -6.74. The van der Waals surface area contributed by atoms with E-state index in [1.54, 1.807) is 0 Å². The molecule has 0 heterocycles. The van der Waals surface area contributed by atoms with Crippen molar-refractivity contribution < 1.29 is 8.23 Å². The molecule has 6 heteroatoms. The Balaban J connectivity index is 2.09. The van der Waals surface area contributed by atoms with Crippen LogP contribution in [-0.2, 0) is 8.23 Å². The monoisotopic (exact) mass is 472 g/mol. The second kappa shape index (κ2) is 9.22. The van der Waals surface area contributed by atoms with Gasteiger partial charge in [-0.2, -0.15) is 0 Å². The van der Waals surface area contributed by atoms with Crippen molar-refractivity contribution >= 4 is 55.8 Å². The maximum absolute atomic E-state index is 6.50. The number of rotatable bonds is 8. The molecule has 0 saturated heterocycles. The molecule has 30 heavy (non-hydrogen) atoms. The van der Waals surface area contributed by atoms with Crippen LogP contribution in [0.1, 0.15) is 11.1 Å². The predicted octanol–water partition coefficient (Wildman–Crippen LogP) is 6.38. The van der Waals surface area contributed by atoms with Crippen LogP contribution in [0, 0.1) is 0 Å². The van der Waals surface area contributed by atoms with Crippen molar-refractivity contribution in [2.75, 3.05) is 0 Å². The van der Waals surface area contributed by atoms with Crippen LogP contribution in [-0.4, -0.2) is 33.3 Å². The van der Waals surface area contributed by atoms with Crippen LogP contribution in [0.4, 0.5) is 0 Å². The fraction of sp³-hybridized carbons (Fsp3) is 0.417. The molecule has 0 atom stereocenters. The van der Waals surface area contributed by atoms with Gasteiger partial charge in [0.05, 0.1) is 0 Å². The molecule has 0 radical (unpaired) electrons. The van der Waals surface area contributed by atoms with Crippen LogP contribution in [0.5, 0.6) is 0 Å². The van der Waals surface area contributed by atoms with Gasteiger partial charge in [-0.1, -0.05) is 60.7 Å². The number of hydrogen-bond acceptors (Lipinski definition) is 2. The molecule has 0 unspecified atom stereocenters. The largest absolute Gasteiger partial charge is 0.452 e. The summed E-state index contributed by atoms with van der Waals surface area (Å²) in [4.78, 5) is 0. The van der Waals surface area contributed by atoms with Gasteiger partial charge in [-0.3, -0.25) is 0 Å². The van der Waals surface area contributed by atoms with Gasteiger partial charge in [0.15, 0.2) is 16.6 Å². The Morgan fingerprint density at radius 2 is 0.733 bits per heavy atom. The molecule has 0 saturated carbocycles. The average molecular weight is 473 g/mol. The summed E-state index contributed by atoms with van der Waals surface area (Å²) in [6.07, 6.45) is 4.38. The highest BCUT2D eigenvalue weighted by molar-refractivity contribution is 6.92. The zero-order valence-corrected chi connectivity index (χ0v) is 24.6.